The van der Waals surface area contributed by atoms with E-state index in [9.17, 15) is 9.59 Å². The van der Waals surface area contributed by atoms with Gasteiger partial charge in [0.15, 0.2) is 5.78 Å². The van der Waals surface area contributed by atoms with E-state index in [0.29, 0.717) is 21.5 Å². The fourth-order valence-corrected chi connectivity index (χ4v) is 3.31. The van der Waals surface area contributed by atoms with E-state index in [1.54, 1.807) is 12.1 Å². The van der Waals surface area contributed by atoms with Crippen LogP contribution in [-0.4, -0.2) is 18.2 Å². The summed E-state index contributed by atoms with van der Waals surface area (Å²) in [5.41, 5.74) is 0.387. The van der Waals surface area contributed by atoms with Crippen molar-refractivity contribution in [1.29, 1.82) is 0 Å². The molecular weight excluding hydrogens is 345 g/mol. The topological polar surface area (TPSA) is 46.2 Å². The number of rotatable bonds is 4. The summed E-state index contributed by atoms with van der Waals surface area (Å²) >= 11 is 11.8. The standard InChI is InChI=1S/C16H19Cl2NO2.C3H8/c1-10-3-2-4-11(7-10)16(21)19-9-15(20)13-6-5-12(17)8-14(13)18;1-3-2/h5-6,8,10-11H,2-4,7,9H2,1H3,(H,19,21);3H2,1-2H3. The van der Waals surface area contributed by atoms with Crippen LogP contribution in [0.3, 0.4) is 0 Å². The number of carbonyl (C=O) groups is 2. The molecule has 1 N–H and O–H groups in total. The summed E-state index contributed by atoms with van der Waals surface area (Å²) in [6, 6.07) is 4.73. The van der Waals surface area contributed by atoms with Gasteiger partial charge in [-0.2, -0.15) is 0 Å². The molecule has 0 bridgehead atoms. The Labute approximate surface area is 155 Å². The third-order valence-electron chi connectivity index (χ3n) is 3.96. The summed E-state index contributed by atoms with van der Waals surface area (Å²) in [5.74, 6) is 0.381. The zero-order chi connectivity index (χ0) is 18.1. The second-order valence-electron chi connectivity index (χ2n) is 6.44. The molecule has 1 aromatic rings. The van der Waals surface area contributed by atoms with Crippen molar-refractivity contribution in [3.8, 4) is 0 Å². The van der Waals surface area contributed by atoms with Crippen molar-refractivity contribution in [3.63, 3.8) is 0 Å². The number of carbonyl (C=O) groups excluding carboxylic acids is 2. The second-order valence-corrected chi connectivity index (χ2v) is 7.28. The van der Waals surface area contributed by atoms with E-state index in [-0.39, 0.29) is 24.2 Å². The minimum absolute atomic E-state index is 0.0228. The molecule has 1 aliphatic rings. The first-order valence-electron chi connectivity index (χ1n) is 8.64. The lowest BCUT2D eigenvalue weighted by molar-refractivity contribution is -0.126. The Morgan fingerprint density at radius 3 is 2.46 bits per heavy atom. The van der Waals surface area contributed by atoms with Gasteiger partial charge in [-0.25, -0.2) is 0 Å². The second kappa shape index (κ2) is 10.7. The molecule has 1 fully saturated rings. The largest absolute Gasteiger partial charge is 0.348 e. The van der Waals surface area contributed by atoms with Crippen molar-refractivity contribution in [2.24, 2.45) is 11.8 Å². The predicted molar refractivity (Wildman–Crippen MR) is 101 cm³/mol. The summed E-state index contributed by atoms with van der Waals surface area (Å²) in [5, 5.41) is 3.53. The number of amides is 1. The van der Waals surface area contributed by atoms with Gasteiger partial charge in [0, 0.05) is 16.5 Å². The fraction of sp³-hybridized carbons (Fsp3) is 0.579. The minimum atomic E-state index is -0.200. The lowest BCUT2D eigenvalue weighted by Gasteiger charge is -2.25. The Hall–Kier alpha value is -1.06. The molecule has 5 heteroatoms. The van der Waals surface area contributed by atoms with Crippen LogP contribution in [0.1, 0.15) is 63.2 Å². The number of nitrogens with one attached hydrogen (secondary N) is 1. The summed E-state index contributed by atoms with van der Waals surface area (Å²) in [6.07, 6.45) is 5.33. The Bertz CT molecular complexity index is 560. The molecule has 0 spiro atoms. The van der Waals surface area contributed by atoms with Gasteiger partial charge in [0.2, 0.25) is 5.91 Å². The van der Waals surface area contributed by atoms with Crippen molar-refractivity contribution >= 4 is 34.9 Å². The van der Waals surface area contributed by atoms with E-state index < -0.39 is 0 Å². The highest BCUT2D eigenvalue weighted by molar-refractivity contribution is 6.36. The summed E-state index contributed by atoms with van der Waals surface area (Å²) in [6.45, 7) is 6.39. The molecule has 0 aromatic heterocycles. The molecule has 1 aliphatic carbocycles. The van der Waals surface area contributed by atoms with E-state index in [1.165, 1.54) is 18.9 Å². The van der Waals surface area contributed by atoms with Crippen molar-refractivity contribution in [1.82, 2.24) is 5.32 Å². The molecule has 0 radical (unpaired) electrons. The van der Waals surface area contributed by atoms with Crippen LogP contribution in [0.2, 0.25) is 10.0 Å². The fourth-order valence-electron chi connectivity index (χ4n) is 2.79. The van der Waals surface area contributed by atoms with Crippen molar-refractivity contribution in [2.45, 2.75) is 52.9 Å². The molecule has 2 atom stereocenters. The number of Topliss-reactive ketones (excluding diaryl/α,β-unsaturated/α-hetero) is 1. The van der Waals surface area contributed by atoms with E-state index in [2.05, 4.69) is 26.1 Å². The smallest absolute Gasteiger partial charge is 0.223 e. The summed E-state index contributed by atoms with van der Waals surface area (Å²) in [4.78, 5) is 24.2. The van der Waals surface area contributed by atoms with Gasteiger partial charge in [0.1, 0.15) is 0 Å². The molecule has 134 valence electrons. The van der Waals surface area contributed by atoms with Gasteiger partial charge in [-0.1, -0.05) is 63.2 Å². The number of ketones is 1. The normalized spacial score (nSPS) is 19.9. The molecule has 1 saturated carbocycles. The zero-order valence-electron chi connectivity index (χ0n) is 14.7. The van der Waals surface area contributed by atoms with Crippen molar-refractivity contribution in [2.75, 3.05) is 6.54 Å². The first kappa shape index (κ1) is 21.0. The van der Waals surface area contributed by atoms with Crippen LogP contribution in [0.4, 0.5) is 0 Å². The number of hydrogen-bond acceptors (Lipinski definition) is 2. The molecule has 0 heterocycles. The highest BCUT2D eigenvalue weighted by Crippen LogP contribution is 2.28. The van der Waals surface area contributed by atoms with Gasteiger partial charge in [0.05, 0.1) is 11.6 Å². The summed E-state index contributed by atoms with van der Waals surface area (Å²) < 4.78 is 0. The Morgan fingerprint density at radius 2 is 1.88 bits per heavy atom. The molecule has 0 aliphatic heterocycles. The Balaban J connectivity index is 0.000000891. The lowest BCUT2D eigenvalue weighted by Crippen LogP contribution is -2.36. The van der Waals surface area contributed by atoms with Gasteiger partial charge >= 0.3 is 0 Å². The minimum Gasteiger partial charge on any atom is -0.348 e. The third kappa shape index (κ3) is 6.82. The molecule has 0 saturated heterocycles. The molecule has 1 aromatic carbocycles. The monoisotopic (exact) mass is 371 g/mol. The molecule has 24 heavy (non-hydrogen) atoms. The molecule has 2 unspecified atom stereocenters. The molecule has 3 nitrogen and oxygen atoms in total. The zero-order valence-corrected chi connectivity index (χ0v) is 16.2. The quantitative estimate of drug-likeness (QED) is 0.706. The number of halogens is 2. The molecular formula is C19H27Cl2NO2. The van der Waals surface area contributed by atoms with Crippen LogP contribution < -0.4 is 5.32 Å². The van der Waals surface area contributed by atoms with Crippen molar-refractivity contribution < 1.29 is 9.59 Å². The van der Waals surface area contributed by atoms with Crippen LogP contribution in [-0.2, 0) is 4.79 Å². The van der Waals surface area contributed by atoms with Gasteiger partial charge in [-0.05, 0) is 37.0 Å². The van der Waals surface area contributed by atoms with Crippen molar-refractivity contribution in [3.05, 3.63) is 33.8 Å². The van der Waals surface area contributed by atoms with Crippen LogP contribution in [0.15, 0.2) is 18.2 Å². The Kier molecular flexibility index (Phi) is 9.38. The van der Waals surface area contributed by atoms with Crippen LogP contribution in [0.5, 0.6) is 0 Å². The number of hydrogen-bond donors (Lipinski definition) is 1. The average Bonchev–Trinajstić information content (AvgIpc) is 2.53. The van der Waals surface area contributed by atoms with Gasteiger partial charge in [-0.3, -0.25) is 9.59 Å². The number of benzene rings is 1. The molecule has 1 amide bonds. The maximum absolute atomic E-state index is 12.1. The Morgan fingerprint density at radius 1 is 1.21 bits per heavy atom. The summed E-state index contributed by atoms with van der Waals surface area (Å²) in [7, 11) is 0. The first-order valence-corrected chi connectivity index (χ1v) is 9.40. The van der Waals surface area contributed by atoms with Gasteiger partial charge in [0.25, 0.3) is 0 Å². The van der Waals surface area contributed by atoms with E-state index in [1.807, 2.05) is 0 Å². The SMILES string of the molecule is CC1CCCC(C(=O)NCC(=O)c2ccc(Cl)cc2Cl)C1.CCC. The maximum atomic E-state index is 12.1. The first-order chi connectivity index (χ1) is 11.4. The average molecular weight is 372 g/mol. The highest BCUT2D eigenvalue weighted by atomic mass is 35.5. The predicted octanol–water partition coefficient (Wildman–Crippen LogP) is 5.53. The van der Waals surface area contributed by atoms with E-state index in [0.717, 1.165) is 19.3 Å². The van der Waals surface area contributed by atoms with Crippen LogP contribution >= 0.6 is 23.2 Å². The lowest BCUT2D eigenvalue weighted by atomic mass is 9.82. The van der Waals surface area contributed by atoms with Gasteiger partial charge in [-0.15, -0.1) is 0 Å². The van der Waals surface area contributed by atoms with Crippen LogP contribution in [0.25, 0.3) is 0 Å². The van der Waals surface area contributed by atoms with E-state index in [4.69, 9.17) is 23.2 Å². The van der Waals surface area contributed by atoms with E-state index >= 15 is 0 Å². The van der Waals surface area contributed by atoms with Gasteiger partial charge < -0.3 is 5.32 Å². The highest BCUT2D eigenvalue weighted by Gasteiger charge is 2.25. The maximum Gasteiger partial charge on any atom is 0.223 e. The van der Waals surface area contributed by atoms with Crippen LogP contribution in [0, 0.1) is 11.8 Å². The molecule has 2 rings (SSSR count). The third-order valence-corrected chi connectivity index (χ3v) is 4.51.